The molecule has 0 unspecified atom stereocenters. The van der Waals surface area contributed by atoms with Crippen LogP contribution in [0.15, 0.2) is 70.2 Å². The highest BCUT2D eigenvalue weighted by atomic mass is 79.9. The summed E-state index contributed by atoms with van der Waals surface area (Å²) in [6.45, 7) is 5.19. The summed E-state index contributed by atoms with van der Waals surface area (Å²) in [5.74, 6) is 0.390. The molecule has 3 rings (SSSR count). The van der Waals surface area contributed by atoms with Crippen LogP contribution in [-0.2, 0) is 6.61 Å². The van der Waals surface area contributed by atoms with E-state index in [4.69, 9.17) is 19.3 Å². The molecule has 3 aromatic rings. The van der Waals surface area contributed by atoms with Crippen molar-refractivity contribution in [2.45, 2.75) is 26.9 Å². The third-order valence-electron chi connectivity index (χ3n) is 4.90. The van der Waals surface area contributed by atoms with Crippen LogP contribution in [0.25, 0.3) is 0 Å². The van der Waals surface area contributed by atoms with Gasteiger partial charge in [-0.2, -0.15) is 5.10 Å². The van der Waals surface area contributed by atoms with Crippen molar-refractivity contribution in [2.24, 2.45) is 5.10 Å². The van der Waals surface area contributed by atoms with Gasteiger partial charge in [-0.15, -0.1) is 0 Å². The first-order chi connectivity index (χ1) is 17.4. The molecule has 8 nitrogen and oxygen atoms in total. The molecular formula is C27H27BrN2O6. The molecule has 0 bridgehead atoms. The van der Waals surface area contributed by atoms with Gasteiger partial charge in [-0.05, 0) is 88.9 Å². The van der Waals surface area contributed by atoms with E-state index in [9.17, 15) is 9.59 Å². The number of hydrogen-bond acceptors (Lipinski definition) is 6. The Morgan fingerprint density at radius 1 is 0.917 bits per heavy atom. The number of hydrogen-bond donors (Lipinski definition) is 2. The summed E-state index contributed by atoms with van der Waals surface area (Å²) in [6.07, 6.45) is 2.40. The minimum absolute atomic E-state index is 0.225. The lowest BCUT2D eigenvalue weighted by Crippen LogP contribution is -2.17. The molecule has 0 atom stereocenters. The molecule has 0 fully saturated rings. The number of carboxylic acid groups (broad SMARTS) is 1. The second-order valence-electron chi connectivity index (χ2n) is 7.62. The maximum absolute atomic E-state index is 12.5. The van der Waals surface area contributed by atoms with Crippen LogP contribution < -0.4 is 19.6 Å². The first-order valence-electron chi connectivity index (χ1n) is 11.4. The highest BCUT2D eigenvalue weighted by Gasteiger charge is 2.11. The Labute approximate surface area is 218 Å². The lowest BCUT2D eigenvalue weighted by Gasteiger charge is -2.12. The molecule has 36 heavy (non-hydrogen) atoms. The van der Waals surface area contributed by atoms with E-state index in [1.807, 2.05) is 19.9 Å². The summed E-state index contributed by atoms with van der Waals surface area (Å²) in [5, 5.41) is 13.0. The van der Waals surface area contributed by atoms with E-state index in [1.54, 1.807) is 42.5 Å². The molecule has 2 N–H and O–H groups in total. The average Bonchev–Trinajstić information content (AvgIpc) is 2.87. The first-order valence-corrected chi connectivity index (χ1v) is 12.2. The van der Waals surface area contributed by atoms with Gasteiger partial charge >= 0.3 is 5.97 Å². The van der Waals surface area contributed by atoms with Gasteiger partial charge in [0, 0.05) is 5.56 Å². The van der Waals surface area contributed by atoms with Gasteiger partial charge in [0.25, 0.3) is 5.91 Å². The monoisotopic (exact) mass is 554 g/mol. The Bertz CT molecular complexity index is 1230. The molecule has 3 aromatic carbocycles. The topological polar surface area (TPSA) is 106 Å². The number of nitrogens with one attached hydrogen (secondary N) is 1. The second-order valence-corrected chi connectivity index (χ2v) is 8.48. The van der Waals surface area contributed by atoms with Crippen molar-refractivity contribution >= 4 is 34.0 Å². The zero-order valence-corrected chi connectivity index (χ0v) is 21.6. The SMILES string of the molecule is CCCOc1ccc(C(=O)N/N=C/c2ccc(OCc3ccc(C(=O)O)cc3)c(Br)c2)cc1OCC. The van der Waals surface area contributed by atoms with Crippen molar-refractivity contribution in [2.75, 3.05) is 13.2 Å². The van der Waals surface area contributed by atoms with E-state index < -0.39 is 5.97 Å². The molecule has 0 aliphatic heterocycles. The normalized spacial score (nSPS) is 10.8. The number of nitrogens with zero attached hydrogens (tertiary/aromatic N) is 1. The zero-order valence-electron chi connectivity index (χ0n) is 20.0. The molecule has 0 heterocycles. The number of carbonyl (C=O) groups is 2. The molecule has 9 heteroatoms. The highest BCUT2D eigenvalue weighted by Crippen LogP contribution is 2.29. The van der Waals surface area contributed by atoms with Gasteiger partial charge in [0.15, 0.2) is 11.5 Å². The predicted octanol–water partition coefficient (Wildman–Crippen LogP) is 5.68. The van der Waals surface area contributed by atoms with Gasteiger partial charge < -0.3 is 19.3 Å². The fraction of sp³-hybridized carbons (Fsp3) is 0.222. The third kappa shape index (κ3) is 7.58. The Morgan fingerprint density at radius 2 is 1.64 bits per heavy atom. The molecule has 0 saturated carbocycles. The van der Waals surface area contributed by atoms with Crippen LogP contribution in [0, 0.1) is 0 Å². The molecule has 0 aliphatic rings. The number of carbonyl (C=O) groups excluding carboxylic acids is 1. The van der Waals surface area contributed by atoms with E-state index in [0.29, 0.717) is 40.5 Å². The maximum atomic E-state index is 12.5. The van der Waals surface area contributed by atoms with E-state index in [1.165, 1.54) is 18.3 Å². The van der Waals surface area contributed by atoms with Crippen molar-refractivity contribution in [3.8, 4) is 17.2 Å². The second kappa shape index (κ2) is 13.3. The summed E-state index contributed by atoms with van der Waals surface area (Å²) >= 11 is 3.48. The van der Waals surface area contributed by atoms with Gasteiger partial charge in [0.05, 0.1) is 29.5 Å². The molecular weight excluding hydrogens is 528 g/mol. The number of benzene rings is 3. The van der Waals surface area contributed by atoms with E-state index in [2.05, 4.69) is 26.5 Å². The van der Waals surface area contributed by atoms with Crippen LogP contribution in [0.2, 0.25) is 0 Å². The fourth-order valence-electron chi connectivity index (χ4n) is 3.10. The number of aromatic carboxylic acids is 1. The summed E-state index contributed by atoms with van der Waals surface area (Å²) in [6, 6.07) is 16.9. The number of amides is 1. The molecule has 0 aromatic heterocycles. The molecule has 188 valence electrons. The van der Waals surface area contributed by atoms with Gasteiger partial charge in [0.1, 0.15) is 12.4 Å². The maximum Gasteiger partial charge on any atom is 0.335 e. The number of hydrazone groups is 1. The van der Waals surface area contributed by atoms with Crippen LogP contribution in [0.3, 0.4) is 0 Å². The van der Waals surface area contributed by atoms with Crippen LogP contribution >= 0.6 is 15.9 Å². The lowest BCUT2D eigenvalue weighted by atomic mass is 10.1. The van der Waals surface area contributed by atoms with Crippen LogP contribution in [0.5, 0.6) is 17.2 Å². The molecule has 0 spiro atoms. The molecule has 0 saturated heterocycles. The zero-order chi connectivity index (χ0) is 25.9. The van der Waals surface area contributed by atoms with Crippen LogP contribution in [0.4, 0.5) is 0 Å². The van der Waals surface area contributed by atoms with Gasteiger partial charge in [0.2, 0.25) is 0 Å². The van der Waals surface area contributed by atoms with E-state index in [0.717, 1.165) is 17.5 Å². The van der Waals surface area contributed by atoms with Crippen molar-refractivity contribution in [1.82, 2.24) is 5.43 Å². The van der Waals surface area contributed by atoms with Crippen LogP contribution in [0.1, 0.15) is 52.1 Å². The largest absolute Gasteiger partial charge is 0.490 e. The number of carboxylic acids is 1. The quantitative estimate of drug-likeness (QED) is 0.220. The van der Waals surface area contributed by atoms with Crippen molar-refractivity contribution in [3.63, 3.8) is 0 Å². The summed E-state index contributed by atoms with van der Waals surface area (Å²) in [4.78, 5) is 23.5. The molecule has 0 aliphatic carbocycles. The number of ether oxygens (including phenoxy) is 3. The summed E-state index contributed by atoms with van der Waals surface area (Å²) in [7, 11) is 0. The van der Waals surface area contributed by atoms with E-state index in [-0.39, 0.29) is 18.1 Å². The Balaban J connectivity index is 1.58. The Kier molecular flexibility index (Phi) is 9.88. The Morgan fingerprint density at radius 3 is 2.31 bits per heavy atom. The summed E-state index contributed by atoms with van der Waals surface area (Å²) in [5.41, 5.74) is 4.74. The molecule has 1 amide bonds. The van der Waals surface area contributed by atoms with Crippen molar-refractivity contribution in [3.05, 3.63) is 87.4 Å². The standard InChI is InChI=1S/C27H27BrN2O6/c1-3-13-35-24-12-10-21(15-25(24)34-4-2)26(31)30-29-16-19-7-11-23(22(28)14-19)36-17-18-5-8-20(9-6-18)27(32)33/h5-12,14-16H,3-4,13,17H2,1-2H3,(H,30,31)(H,32,33)/b29-16+. The average molecular weight is 555 g/mol. The molecule has 0 radical (unpaired) electrons. The lowest BCUT2D eigenvalue weighted by molar-refractivity contribution is 0.0696. The van der Waals surface area contributed by atoms with Gasteiger partial charge in [-0.3, -0.25) is 4.79 Å². The van der Waals surface area contributed by atoms with Crippen molar-refractivity contribution in [1.29, 1.82) is 0 Å². The number of rotatable bonds is 12. The van der Waals surface area contributed by atoms with Gasteiger partial charge in [-0.25, -0.2) is 10.2 Å². The van der Waals surface area contributed by atoms with Crippen LogP contribution in [-0.4, -0.2) is 36.4 Å². The van der Waals surface area contributed by atoms with E-state index >= 15 is 0 Å². The fourth-order valence-corrected chi connectivity index (χ4v) is 3.61. The highest BCUT2D eigenvalue weighted by molar-refractivity contribution is 9.10. The van der Waals surface area contributed by atoms with Crippen molar-refractivity contribution < 1.29 is 28.9 Å². The minimum Gasteiger partial charge on any atom is -0.490 e. The van der Waals surface area contributed by atoms with Gasteiger partial charge in [-0.1, -0.05) is 19.1 Å². The third-order valence-corrected chi connectivity index (χ3v) is 5.52. The first kappa shape index (κ1) is 26.7. The Hall–Kier alpha value is -3.85. The number of halogens is 1. The minimum atomic E-state index is -0.969. The smallest absolute Gasteiger partial charge is 0.335 e. The predicted molar refractivity (Wildman–Crippen MR) is 140 cm³/mol. The summed E-state index contributed by atoms with van der Waals surface area (Å²) < 4.78 is 17.8.